The minimum absolute atomic E-state index is 0.207. The molecular weight excluding hydrogens is 271 g/mol. The van der Waals surface area contributed by atoms with Crippen LogP contribution >= 0.6 is 11.6 Å². The van der Waals surface area contributed by atoms with E-state index in [0.29, 0.717) is 25.4 Å². The predicted octanol–water partition coefficient (Wildman–Crippen LogP) is 3.15. The third-order valence-electron chi connectivity index (χ3n) is 3.26. The van der Waals surface area contributed by atoms with Crippen molar-refractivity contribution in [2.75, 3.05) is 19.7 Å². The molecule has 0 atom stereocenters. The molecule has 6 heteroatoms. The van der Waals surface area contributed by atoms with Crippen LogP contribution in [0.25, 0.3) is 0 Å². The first-order valence-corrected chi connectivity index (χ1v) is 6.66. The van der Waals surface area contributed by atoms with Gasteiger partial charge in [-0.05, 0) is 19.1 Å². The van der Waals surface area contributed by atoms with Crippen LogP contribution < -0.4 is 0 Å². The van der Waals surface area contributed by atoms with Gasteiger partial charge in [-0.1, -0.05) is 17.7 Å². The van der Waals surface area contributed by atoms with Crippen molar-refractivity contribution in [2.24, 2.45) is 0 Å². The second kappa shape index (κ2) is 5.74. The molecule has 0 spiro atoms. The number of aromatic nitrogens is 1. The van der Waals surface area contributed by atoms with Crippen molar-refractivity contribution < 1.29 is 13.9 Å². The molecule has 1 amide bonds. The van der Waals surface area contributed by atoms with Crippen LogP contribution in [-0.2, 0) is 10.4 Å². The molecule has 1 aliphatic rings. The van der Waals surface area contributed by atoms with Crippen LogP contribution in [-0.4, -0.2) is 35.7 Å². The van der Waals surface area contributed by atoms with E-state index >= 15 is 0 Å². The number of carbonyl (C=O) groups is 1. The summed E-state index contributed by atoms with van der Waals surface area (Å²) < 4.78 is 19.7. The third kappa shape index (κ3) is 3.15. The molecule has 104 valence electrons. The lowest BCUT2D eigenvalue weighted by atomic mass is 9.90. The topological polar surface area (TPSA) is 42.4 Å². The number of nitrogens with zero attached hydrogens (tertiary/aromatic N) is 2. The number of halogens is 2. The Morgan fingerprint density at radius 1 is 1.53 bits per heavy atom. The van der Waals surface area contributed by atoms with Gasteiger partial charge < -0.3 is 9.64 Å². The zero-order chi connectivity index (χ0) is 13.9. The van der Waals surface area contributed by atoms with E-state index in [9.17, 15) is 9.18 Å². The second-order valence-electron chi connectivity index (χ2n) is 4.50. The fraction of sp³-hybridized carbons (Fsp3) is 0.538. The van der Waals surface area contributed by atoms with Gasteiger partial charge in [-0.3, -0.25) is 0 Å². The number of pyridine rings is 1. The van der Waals surface area contributed by atoms with Crippen LogP contribution in [0.5, 0.6) is 0 Å². The molecule has 4 nitrogen and oxygen atoms in total. The van der Waals surface area contributed by atoms with E-state index in [2.05, 4.69) is 4.98 Å². The van der Waals surface area contributed by atoms with Crippen molar-refractivity contribution in [3.05, 3.63) is 29.0 Å². The van der Waals surface area contributed by atoms with Crippen molar-refractivity contribution in [1.29, 1.82) is 0 Å². The molecule has 1 saturated heterocycles. The molecule has 0 N–H and O–H groups in total. The van der Waals surface area contributed by atoms with Crippen molar-refractivity contribution in [3.63, 3.8) is 0 Å². The molecule has 0 bridgehead atoms. The summed E-state index contributed by atoms with van der Waals surface area (Å²) in [5.41, 5.74) is -1.18. The Balaban J connectivity index is 2.04. The van der Waals surface area contributed by atoms with Gasteiger partial charge in [-0.2, -0.15) is 0 Å². The number of alkyl halides is 1. The Morgan fingerprint density at radius 3 is 2.79 bits per heavy atom. The highest BCUT2D eigenvalue weighted by Crippen LogP contribution is 2.36. The quantitative estimate of drug-likeness (QED) is 0.784. The lowest BCUT2D eigenvalue weighted by Crippen LogP contribution is -2.43. The monoisotopic (exact) mass is 286 g/mol. The van der Waals surface area contributed by atoms with Gasteiger partial charge in [-0.15, -0.1) is 0 Å². The Bertz CT molecular complexity index is 462. The van der Waals surface area contributed by atoms with Gasteiger partial charge >= 0.3 is 6.09 Å². The maximum atomic E-state index is 14.8. The third-order valence-corrected chi connectivity index (χ3v) is 3.47. The molecule has 1 aliphatic heterocycles. The SMILES string of the molecule is CCOC(=O)N1CCC(F)(c2cccc(Cl)n2)CC1. The van der Waals surface area contributed by atoms with Crippen molar-refractivity contribution in [2.45, 2.75) is 25.4 Å². The highest BCUT2D eigenvalue weighted by atomic mass is 35.5. The normalized spacial score (nSPS) is 18.2. The zero-order valence-electron chi connectivity index (χ0n) is 10.7. The molecule has 19 heavy (non-hydrogen) atoms. The first-order valence-electron chi connectivity index (χ1n) is 6.29. The number of rotatable bonds is 2. The van der Waals surface area contributed by atoms with Crippen LogP contribution in [0.1, 0.15) is 25.5 Å². The van der Waals surface area contributed by atoms with E-state index in [0.717, 1.165) is 0 Å². The molecule has 0 unspecified atom stereocenters. The fourth-order valence-electron chi connectivity index (χ4n) is 2.17. The summed E-state index contributed by atoms with van der Waals surface area (Å²) in [7, 11) is 0. The molecule has 1 fully saturated rings. The smallest absolute Gasteiger partial charge is 0.409 e. The summed E-state index contributed by atoms with van der Waals surface area (Å²) in [6.45, 7) is 2.72. The van der Waals surface area contributed by atoms with Gasteiger partial charge in [0.2, 0.25) is 0 Å². The van der Waals surface area contributed by atoms with Crippen LogP contribution in [0, 0.1) is 0 Å². The molecule has 2 rings (SSSR count). The molecule has 0 aromatic carbocycles. The van der Waals surface area contributed by atoms with Crippen LogP contribution in [0.15, 0.2) is 18.2 Å². The Morgan fingerprint density at radius 2 is 2.21 bits per heavy atom. The van der Waals surface area contributed by atoms with Gasteiger partial charge in [0.05, 0.1) is 12.3 Å². The number of hydrogen-bond acceptors (Lipinski definition) is 3. The first-order chi connectivity index (χ1) is 9.05. The summed E-state index contributed by atoms with van der Waals surface area (Å²) in [5.74, 6) is 0. The van der Waals surface area contributed by atoms with Crippen LogP contribution in [0.2, 0.25) is 5.15 Å². The predicted molar refractivity (Wildman–Crippen MR) is 69.9 cm³/mol. The van der Waals surface area contributed by atoms with Crippen LogP contribution in [0.4, 0.5) is 9.18 Å². The summed E-state index contributed by atoms with van der Waals surface area (Å²) in [4.78, 5) is 17.1. The maximum absolute atomic E-state index is 14.8. The molecule has 0 aliphatic carbocycles. The Kier molecular flexibility index (Phi) is 4.24. The first kappa shape index (κ1) is 14.1. The minimum atomic E-state index is -1.52. The summed E-state index contributed by atoms with van der Waals surface area (Å²) in [6.07, 6.45) is 0.0294. The molecule has 0 radical (unpaired) electrons. The summed E-state index contributed by atoms with van der Waals surface area (Å²) in [5, 5.41) is 0.280. The average molecular weight is 287 g/mol. The van der Waals surface area contributed by atoms with Gasteiger partial charge in [0, 0.05) is 25.9 Å². The summed E-state index contributed by atoms with van der Waals surface area (Å²) in [6, 6.07) is 4.93. The number of piperidine rings is 1. The van der Waals surface area contributed by atoms with Gasteiger partial charge in [0.25, 0.3) is 0 Å². The standard InChI is InChI=1S/C13H16ClFN2O2/c1-2-19-12(18)17-8-6-13(15,7-9-17)10-4-3-5-11(14)16-10/h3-5H,2,6-9H2,1H3. The molecular formula is C13H16ClFN2O2. The Labute approximate surface area is 116 Å². The molecule has 1 aromatic rings. The number of likely N-dealkylation sites (tertiary alicyclic amines) is 1. The maximum Gasteiger partial charge on any atom is 0.409 e. The number of hydrogen-bond donors (Lipinski definition) is 0. The fourth-order valence-corrected chi connectivity index (χ4v) is 2.34. The number of amides is 1. The average Bonchev–Trinajstić information content (AvgIpc) is 2.40. The van der Waals surface area contributed by atoms with Gasteiger partial charge in [-0.25, -0.2) is 14.2 Å². The van der Waals surface area contributed by atoms with Crippen molar-refractivity contribution in [3.8, 4) is 0 Å². The lowest BCUT2D eigenvalue weighted by molar-refractivity contribution is 0.0409. The van der Waals surface area contributed by atoms with E-state index in [1.54, 1.807) is 25.1 Å². The molecule has 1 aromatic heterocycles. The molecule has 2 heterocycles. The van der Waals surface area contributed by atoms with Gasteiger partial charge in [0.15, 0.2) is 5.67 Å². The lowest BCUT2D eigenvalue weighted by Gasteiger charge is -2.35. The van der Waals surface area contributed by atoms with Crippen molar-refractivity contribution in [1.82, 2.24) is 9.88 Å². The Hall–Kier alpha value is -1.36. The zero-order valence-corrected chi connectivity index (χ0v) is 11.5. The van der Waals surface area contributed by atoms with Gasteiger partial charge in [0.1, 0.15) is 5.15 Å². The van der Waals surface area contributed by atoms with E-state index in [-0.39, 0.29) is 24.1 Å². The molecule has 0 saturated carbocycles. The second-order valence-corrected chi connectivity index (χ2v) is 4.88. The minimum Gasteiger partial charge on any atom is -0.450 e. The van der Waals surface area contributed by atoms with Crippen LogP contribution in [0.3, 0.4) is 0 Å². The van der Waals surface area contributed by atoms with E-state index in [1.165, 1.54) is 4.90 Å². The van der Waals surface area contributed by atoms with E-state index in [1.807, 2.05) is 0 Å². The van der Waals surface area contributed by atoms with Crippen molar-refractivity contribution >= 4 is 17.7 Å². The number of carbonyl (C=O) groups excluding carboxylic acids is 1. The largest absolute Gasteiger partial charge is 0.450 e. The number of ether oxygens (including phenoxy) is 1. The summed E-state index contributed by atoms with van der Waals surface area (Å²) >= 11 is 5.78. The highest BCUT2D eigenvalue weighted by molar-refractivity contribution is 6.29. The highest BCUT2D eigenvalue weighted by Gasteiger charge is 2.39. The van der Waals surface area contributed by atoms with E-state index in [4.69, 9.17) is 16.3 Å². The van der Waals surface area contributed by atoms with E-state index < -0.39 is 5.67 Å².